The van der Waals surface area contributed by atoms with Crippen molar-refractivity contribution >= 4 is 0 Å². The van der Waals surface area contributed by atoms with Gasteiger partial charge >= 0.3 is 0 Å². The molecule has 0 bridgehead atoms. The van der Waals surface area contributed by atoms with Gasteiger partial charge in [0.1, 0.15) is 0 Å². The molecule has 0 fully saturated rings. The van der Waals surface area contributed by atoms with Gasteiger partial charge in [-0.1, -0.05) is 13.0 Å². The van der Waals surface area contributed by atoms with E-state index in [1.807, 2.05) is 18.2 Å². The summed E-state index contributed by atoms with van der Waals surface area (Å²) in [5.74, 6) is 0.327. The van der Waals surface area contributed by atoms with Crippen molar-refractivity contribution in [1.82, 2.24) is 4.98 Å². The van der Waals surface area contributed by atoms with Gasteiger partial charge in [-0.2, -0.15) is 0 Å². The predicted molar refractivity (Wildman–Crippen MR) is 44.0 cm³/mol. The van der Waals surface area contributed by atoms with Crippen LogP contribution in [0.2, 0.25) is 0 Å². The zero-order chi connectivity index (χ0) is 8.10. The second kappa shape index (κ2) is 4.09. The largest absolute Gasteiger partial charge is 0.378 e. The Kier molecular flexibility index (Phi) is 3.05. The highest BCUT2D eigenvalue weighted by Crippen LogP contribution is 2.10. The first kappa shape index (κ1) is 8.21. The number of rotatable bonds is 3. The van der Waals surface area contributed by atoms with Gasteiger partial charge in [-0.05, 0) is 12.1 Å². The molecule has 1 heterocycles. The third-order valence-electron chi connectivity index (χ3n) is 1.56. The van der Waals surface area contributed by atoms with Crippen molar-refractivity contribution < 1.29 is 4.74 Å². The van der Waals surface area contributed by atoms with Crippen LogP contribution in [0, 0.1) is 7.11 Å². The molecule has 1 atom stereocenters. The molecule has 0 saturated carbocycles. The average molecular weight is 150 g/mol. The second-order valence-corrected chi connectivity index (χ2v) is 2.53. The molecular formula is C9H12NO. The van der Waals surface area contributed by atoms with E-state index < -0.39 is 0 Å². The zero-order valence-corrected chi connectivity index (χ0v) is 6.66. The van der Waals surface area contributed by atoms with E-state index in [-0.39, 0.29) is 0 Å². The van der Waals surface area contributed by atoms with Crippen LogP contribution in [0.25, 0.3) is 0 Å². The van der Waals surface area contributed by atoms with Crippen LogP contribution < -0.4 is 0 Å². The number of hydrogen-bond acceptors (Lipinski definition) is 2. The van der Waals surface area contributed by atoms with Gasteiger partial charge in [0.05, 0.1) is 13.7 Å². The Morgan fingerprint density at radius 3 is 3.00 bits per heavy atom. The van der Waals surface area contributed by atoms with E-state index in [1.54, 1.807) is 6.20 Å². The lowest BCUT2D eigenvalue weighted by Crippen LogP contribution is -2.02. The molecule has 1 radical (unpaired) electrons. The number of aromatic nitrogens is 1. The Labute approximate surface area is 67.2 Å². The average Bonchev–Trinajstić information content (AvgIpc) is 2.07. The van der Waals surface area contributed by atoms with Crippen molar-refractivity contribution in [2.75, 3.05) is 6.61 Å². The molecule has 0 saturated heterocycles. The molecule has 1 rings (SSSR count). The quantitative estimate of drug-likeness (QED) is 0.657. The van der Waals surface area contributed by atoms with Gasteiger partial charge in [-0.15, -0.1) is 0 Å². The molecule has 59 valence electrons. The minimum atomic E-state index is 0.327. The van der Waals surface area contributed by atoms with Crippen LogP contribution in [0.4, 0.5) is 0 Å². The summed E-state index contributed by atoms with van der Waals surface area (Å²) in [6.07, 6.45) is 1.79. The molecule has 0 aliphatic rings. The van der Waals surface area contributed by atoms with Gasteiger partial charge in [-0.3, -0.25) is 4.98 Å². The zero-order valence-electron chi connectivity index (χ0n) is 6.66. The monoisotopic (exact) mass is 150 g/mol. The summed E-state index contributed by atoms with van der Waals surface area (Å²) < 4.78 is 4.77. The van der Waals surface area contributed by atoms with Gasteiger partial charge in [-0.25, -0.2) is 0 Å². The Balaban J connectivity index is 2.61. The Bertz CT molecular complexity index is 198. The van der Waals surface area contributed by atoms with Crippen LogP contribution >= 0.6 is 0 Å². The maximum atomic E-state index is 4.77. The summed E-state index contributed by atoms with van der Waals surface area (Å²) in [4.78, 5) is 4.19. The first-order chi connectivity index (χ1) is 5.34. The van der Waals surface area contributed by atoms with Gasteiger partial charge in [0.25, 0.3) is 0 Å². The van der Waals surface area contributed by atoms with Gasteiger partial charge in [0, 0.05) is 17.8 Å². The molecule has 0 amide bonds. The molecule has 2 nitrogen and oxygen atoms in total. The lowest BCUT2D eigenvalue weighted by molar-refractivity contribution is 0.223. The molecule has 1 aromatic rings. The minimum Gasteiger partial charge on any atom is -0.378 e. The highest BCUT2D eigenvalue weighted by atomic mass is 16.5. The van der Waals surface area contributed by atoms with E-state index in [9.17, 15) is 0 Å². The number of nitrogens with zero attached hydrogens (tertiary/aromatic N) is 1. The first-order valence-electron chi connectivity index (χ1n) is 3.62. The van der Waals surface area contributed by atoms with Crippen molar-refractivity contribution in [3.8, 4) is 0 Å². The van der Waals surface area contributed by atoms with Crippen molar-refractivity contribution in [1.29, 1.82) is 0 Å². The molecule has 0 spiro atoms. The molecule has 0 N–H and O–H groups in total. The summed E-state index contributed by atoms with van der Waals surface area (Å²) in [5, 5.41) is 0. The van der Waals surface area contributed by atoms with Crippen LogP contribution in [0.15, 0.2) is 24.4 Å². The van der Waals surface area contributed by atoms with Crippen molar-refractivity contribution in [3.63, 3.8) is 0 Å². The summed E-state index contributed by atoms with van der Waals surface area (Å²) in [7, 11) is 3.32. The number of pyridine rings is 1. The minimum absolute atomic E-state index is 0.327. The fourth-order valence-corrected chi connectivity index (χ4v) is 0.930. The third-order valence-corrected chi connectivity index (χ3v) is 1.56. The maximum Gasteiger partial charge on any atom is 0.0700 e. The van der Waals surface area contributed by atoms with Gasteiger partial charge < -0.3 is 4.74 Å². The summed E-state index contributed by atoms with van der Waals surface area (Å²) in [6.45, 7) is 2.69. The van der Waals surface area contributed by atoms with Crippen LogP contribution in [-0.2, 0) is 4.74 Å². The summed E-state index contributed by atoms with van der Waals surface area (Å²) in [5.41, 5.74) is 1.05. The Morgan fingerprint density at radius 1 is 1.64 bits per heavy atom. The van der Waals surface area contributed by atoms with Crippen LogP contribution in [0.1, 0.15) is 18.5 Å². The smallest absolute Gasteiger partial charge is 0.0700 e. The van der Waals surface area contributed by atoms with E-state index in [0.29, 0.717) is 12.5 Å². The normalized spacial score (nSPS) is 12.9. The third kappa shape index (κ3) is 2.31. The molecule has 0 aliphatic carbocycles. The molecule has 0 aliphatic heterocycles. The SMILES string of the molecule is [CH2]OCC(C)c1ccccn1. The molecule has 2 heteroatoms. The number of hydrogen-bond donors (Lipinski definition) is 0. The summed E-state index contributed by atoms with van der Waals surface area (Å²) >= 11 is 0. The van der Waals surface area contributed by atoms with E-state index in [2.05, 4.69) is 19.0 Å². The topological polar surface area (TPSA) is 22.1 Å². The van der Waals surface area contributed by atoms with E-state index in [1.165, 1.54) is 0 Å². The van der Waals surface area contributed by atoms with Gasteiger partial charge in [0.2, 0.25) is 0 Å². The first-order valence-corrected chi connectivity index (χ1v) is 3.62. The second-order valence-electron chi connectivity index (χ2n) is 2.53. The maximum absolute atomic E-state index is 4.77. The Morgan fingerprint density at radius 2 is 2.45 bits per heavy atom. The van der Waals surface area contributed by atoms with Crippen molar-refractivity contribution in [2.24, 2.45) is 0 Å². The van der Waals surface area contributed by atoms with Crippen LogP contribution in [0.3, 0.4) is 0 Å². The van der Waals surface area contributed by atoms with E-state index >= 15 is 0 Å². The molecule has 1 aromatic heterocycles. The molecule has 1 unspecified atom stereocenters. The molecular weight excluding hydrogens is 138 g/mol. The fraction of sp³-hybridized carbons (Fsp3) is 0.333. The standard InChI is InChI=1S/C9H12NO/c1-8(7-11-2)9-5-3-4-6-10-9/h3-6,8H,2,7H2,1H3. The summed E-state index contributed by atoms with van der Waals surface area (Å²) in [6, 6.07) is 5.87. The van der Waals surface area contributed by atoms with Gasteiger partial charge in [0.15, 0.2) is 0 Å². The fourth-order valence-electron chi connectivity index (χ4n) is 0.930. The molecule has 11 heavy (non-hydrogen) atoms. The van der Waals surface area contributed by atoms with Crippen molar-refractivity contribution in [2.45, 2.75) is 12.8 Å². The van der Waals surface area contributed by atoms with Crippen LogP contribution in [-0.4, -0.2) is 11.6 Å². The predicted octanol–water partition coefficient (Wildman–Crippen LogP) is 1.99. The van der Waals surface area contributed by atoms with E-state index in [4.69, 9.17) is 4.74 Å². The Hall–Kier alpha value is -0.890. The highest BCUT2D eigenvalue weighted by Gasteiger charge is 2.03. The lowest BCUT2D eigenvalue weighted by atomic mass is 10.1. The van der Waals surface area contributed by atoms with Crippen molar-refractivity contribution in [3.05, 3.63) is 37.2 Å². The number of ether oxygens (including phenoxy) is 1. The highest BCUT2D eigenvalue weighted by molar-refractivity contribution is 5.08. The van der Waals surface area contributed by atoms with E-state index in [0.717, 1.165) is 5.69 Å². The van der Waals surface area contributed by atoms with Crippen LogP contribution in [0.5, 0.6) is 0 Å². The molecule has 0 aromatic carbocycles. The lowest BCUT2D eigenvalue weighted by Gasteiger charge is -2.07.